The summed E-state index contributed by atoms with van der Waals surface area (Å²) < 4.78 is 5.15. The quantitative estimate of drug-likeness (QED) is 0.616. The van der Waals surface area contributed by atoms with Gasteiger partial charge in [0.05, 0.1) is 5.56 Å². The zero-order valence-electron chi connectivity index (χ0n) is 8.13. The van der Waals surface area contributed by atoms with Crippen LogP contribution in [-0.4, -0.2) is 11.6 Å². The van der Waals surface area contributed by atoms with Gasteiger partial charge in [0, 0.05) is 0 Å². The van der Waals surface area contributed by atoms with Gasteiger partial charge in [-0.1, -0.05) is 18.2 Å². The number of rotatable bonds is 1. The topological polar surface area (TPSA) is 26.3 Å². The van der Waals surface area contributed by atoms with Crippen LogP contribution in [0.2, 0.25) is 0 Å². The molecule has 0 amide bonds. The Labute approximate surface area is 78.5 Å². The fourth-order valence-electron chi connectivity index (χ4n) is 0.853. The lowest BCUT2D eigenvalue weighted by Crippen LogP contribution is -2.23. The smallest absolute Gasteiger partial charge is 0.339 e. The minimum atomic E-state index is -0.444. The van der Waals surface area contributed by atoms with E-state index in [1.54, 1.807) is 18.2 Å². The number of esters is 1. The Bertz CT molecular complexity index is 283. The van der Waals surface area contributed by atoms with Crippen LogP contribution in [0.4, 0.5) is 0 Å². The minimum Gasteiger partial charge on any atom is -0.456 e. The van der Waals surface area contributed by atoms with Crippen molar-refractivity contribution in [1.29, 1.82) is 0 Å². The molecule has 0 atom stereocenters. The molecule has 0 fully saturated rings. The van der Waals surface area contributed by atoms with Crippen LogP contribution in [-0.2, 0) is 4.74 Å². The molecule has 0 aromatic heterocycles. The molecule has 0 aliphatic heterocycles. The number of hydrogen-bond acceptors (Lipinski definition) is 2. The van der Waals surface area contributed by atoms with Crippen molar-refractivity contribution < 1.29 is 9.53 Å². The molecule has 0 spiro atoms. The van der Waals surface area contributed by atoms with Crippen molar-refractivity contribution in [3.63, 3.8) is 0 Å². The van der Waals surface area contributed by atoms with Crippen molar-refractivity contribution >= 4 is 5.97 Å². The van der Waals surface area contributed by atoms with Gasteiger partial charge in [-0.25, -0.2) is 4.79 Å². The lowest BCUT2D eigenvalue weighted by Gasteiger charge is -2.19. The fourth-order valence-corrected chi connectivity index (χ4v) is 0.853. The van der Waals surface area contributed by atoms with Gasteiger partial charge in [0.1, 0.15) is 5.60 Å². The molecule has 13 heavy (non-hydrogen) atoms. The van der Waals surface area contributed by atoms with E-state index in [9.17, 15) is 4.79 Å². The van der Waals surface area contributed by atoms with Crippen LogP contribution in [0.25, 0.3) is 0 Å². The lowest BCUT2D eigenvalue weighted by molar-refractivity contribution is 0.00692. The first-order valence-electron chi connectivity index (χ1n) is 4.19. The summed E-state index contributed by atoms with van der Waals surface area (Å²) in [6.45, 7) is 5.52. The molecule has 0 heterocycles. The highest BCUT2D eigenvalue weighted by Gasteiger charge is 2.17. The molecule has 1 radical (unpaired) electrons. The molecule has 69 valence electrons. The van der Waals surface area contributed by atoms with Gasteiger partial charge in [-0.2, -0.15) is 0 Å². The zero-order valence-corrected chi connectivity index (χ0v) is 8.13. The first kappa shape index (κ1) is 9.78. The van der Waals surface area contributed by atoms with E-state index in [1.807, 2.05) is 26.8 Å². The van der Waals surface area contributed by atoms with Crippen LogP contribution in [0.1, 0.15) is 31.1 Å². The molecular formula is C11H13O2. The molecule has 2 heteroatoms. The number of ether oxygens (including phenoxy) is 1. The van der Waals surface area contributed by atoms with Gasteiger partial charge in [0.2, 0.25) is 0 Å². The average Bonchev–Trinajstić information content (AvgIpc) is 2.03. The van der Waals surface area contributed by atoms with Crippen LogP contribution in [0.5, 0.6) is 0 Å². The van der Waals surface area contributed by atoms with Crippen molar-refractivity contribution in [2.75, 3.05) is 0 Å². The van der Waals surface area contributed by atoms with Crippen molar-refractivity contribution in [2.24, 2.45) is 0 Å². The number of carbonyl (C=O) groups excluding carboxylic acids is 1. The maximum Gasteiger partial charge on any atom is 0.339 e. The molecule has 1 aromatic rings. The maximum atomic E-state index is 11.4. The summed E-state index contributed by atoms with van der Waals surface area (Å²) in [5, 5.41) is 0. The molecule has 0 unspecified atom stereocenters. The van der Waals surface area contributed by atoms with E-state index in [4.69, 9.17) is 4.74 Å². The Morgan fingerprint density at radius 3 is 2.54 bits per heavy atom. The van der Waals surface area contributed by atoms with E-state index in [0.29, 0.717) is 5.56 Å². The first-order chi connectivity index (χ1) is 5.99. The van der Waals surface area contributed by atoms with Crippen LogP contribution in [0.15, 0.2) is 24.3 Å². The maximum absolute atomic E-state index is 11.4. The number of carbonyl (C=O) groups is 1. The molecule has 0 saturated heterocycles. The van der Waals surface area contributed by atoms with Crippen molar-refractivity contribution in [1.82, 2.24) is 0 Å². The largest absolute Gasteiger partial charge is 0.456 e. The molecule has 1 rings (SSSR count). The molecule has 2 nitrogen and oxygen atoms in total. The van der Waals surface area contributed by atoms with E-state index >= 15 is 0 Å². The Morgan fingerprint density at radius 2 is 2.08 bits per heavy atom. The average molecular weight is 177 g/mol. The SMILES string of the molecule is CC(C)(C)OC(=O)c1[c]cccc1. The summed E-state index contributed by atoms with van der Waals surface area (Å²) in [4.78, 5) is 11.4. The van der Waals surface area contributed by atoms with Crippen molar-refractivity contribution in [2.45, 2.75) is 26.4 Å². The minimum absolute atomic E-state index is 0.326. The zero-order chi connectivity index (χ0) is 9.90. The predicted molar refractivity (Wildman–Crippen MR) is 50.4 cm³/mol. The third kappa shape index (κ3) is 3.28. The molecule has 0 aliphatic carbocycles. The van der Waals surface area contributed by atoms with Crippen LogP contribution in [0, 0.1) is 6.07 Å². The van der Waals surface area contributed by atoms with Crippen LogP contribution < -0.4 is 0 Å². The first-order valence-corrected chi connectivity index (χ1v) is 4.19. The summed E-state index contributed by atoms with van der Waals surface area (Å²) >= 11 is 0. The summed E-state index contributed by atoms with van der Waals surface area (Å²) in [5.74, 6) is -0.326. The number of hydrogen-bond donors (Lipinski definition) is 0. The molecule has 0 aliphatic rings. The van der Waals surface area contributed by atoms with E-state index < -0.39 is 5.60 Å². The molecular weight excluding hydrogens is 164 g/mol. The van der Waals surface area contributed by atoms with E-state index in [0.717, 1.165) is 0 Å². The highest BCUT2D eigenvalue weighted by Crippen LogP contribution is 2.10. The van der Waals surface area contributed by atoms with Gasteiger partial charge < -0.3 is 4.74 Å². The van der Waals surface area contributed by atoms with Crippen LogP contribution >= 0.6 is 0 Å². The standard InChI is InChI=1S/C11H13O2/c1-11(2,3)13-10(12)9-7-5-4-6-8-9/h4-7H,1-3H3. The van der Waals surface area contributed by atoms with E-state index in [1.165, 1.54) is 0 Å². The van der Waals surface area contributed by atoms with Crippen LogP contribution in [0.3, 0.4) is 0 Å². The monoisotopic (exact) mass is 177 g/mol. The normalized spacial score (nSPS) is 11.0. The summed E-state index contributed by atoms with van der Waals surface area (Å²) in [6.07, 6.45) is 0. The molecule has 0 N–H and O–H groups in total. The summed E-state index contributed by atoms with van der Waals surface area (Å²) in [7, 11) is 0. The Kier molecular flexibility index (Phi) is 2.71. The molecule has 0 saturated carbocycles. The third-order valence-electron chi connectivity index (χ3n) is 1.33. The van der Waals surface area contributed by atoms with Gasteiger partial charge in [-0.3, -0.25) is 0 Å². The predicted octanol–water partition coefficient (Wildman–Crippen LogP) is 2.44. The van der Waals surface area contributed by atoms with Gasteiger partial charge in [-0.05, 0) is 32.9 Å². The van der Waals surface area contributed by atoms with Gasteiger partial charge in [0.15, 0.2) is 0 Å². The van der Waals surface area contributed by atoms with Crippen molar-refractivity contribution in [3.8, 4) is 0 Å². The lowest BCUT2D eigenvalue weighted by atomic mass is 10.2. The van der Waals surface area contributed by atoms with E-state index in [-0.39, 0.29) is 5.97 Å². The van der Waals surface area contributed by atoms with E-state index in [2.05, 4.69) is 6.07 Å². The molecule has 0 bridgehead atoms. The Morgan fingerprint density at radius 1 is 1.38 bits per heavy atom. The highest BCUT2D eigenvalue weighted by atomic mass is 16.6. The van der Waals surface area contributed by atoms with Gasteiger partial charge in [0.25, 0.3) is 0 Å². The van der Waals surface area contributed by atoms with Crippen molar-refractivity contribution in [3.05, 3.63) is 35.9 Å². The Hall–Kier alpha value is -1.31. The summed E-state index contributed by atoms with van der Waals surface area (Å²) in [6, 6.07) is 9.80. The highest BCUT2D eigenvalue weighted by molar-refractivity contribution is 5.89. The number of benzene rings is 1. The second-order valence-corrected chi connectivity index (χ2v) is 3.78. The van der Waals surface area contributed by atoms with Gasteiger partial charge >= 0.3 is 5.97 Å². The fraction of sp³-hybridized carbons (Fsp3) is 0.364. The molecule has 1 aromatic carbocycles. The Balaban J connectivity index is 2.71. The third-order valence-corrected chi connectivity index (χ3v) is 1.33. The summed E-state index contributed by atoms with van der Waals surface area (Å²) in [5.41, 5.74) is 0.0262. The second-order valence-electron chi connectivity index (χ2n) is 3.78. The second kappa shape index (κ2) is 3.60. The van der Waals surface area contributed by atoms with Gasteiger partial charge in [-0.15, -0.1) is 0 Å².